The van der Waals surface area contributed by atoms with Crippen molar-refractivity contribution in [3.05, 3.63) is 35.9 Å². The molecule has 0 spiro atoms. The zero-order valence-corrected chi connectivity index (χ0v) is 13.9. The van der Waals surface area contributed by atoms with Crippen molar-refractivity contribution in [2.75, 3.05) is 39.3 Å². The molecule has 3 rings (SSSR count). The first-order chi connectivity index (χ1) is 11.2. The summed E-state index contributed by atoms with van der Waals surface area (Å²) < 4.78 is 5.84. The third-order valence-electron chi connectivity index (χ3n) is 4.70. The first-order valence-corrected chi connectivity index (χ1v) is 8.60. The van der Waals surface area contributed by atoms with E-state index in [1.807, 2.05) is 11.0 Å². The summed E-state index contributed by atoms with van der Waals surface area (Å²) in [5.41, 5.74) is 1.32. The van der Waals surface area contributed by atoms with Gasteiger partial charge in [-0.3, -0.25) is 9.69 Å². The van der Waals surface area contributed by atoms with Crippen LogP contribution in [0.4, 0.5) is 0 Å². The van der Waals surface area contributed by atoms with E-state index < -0.39 is 0 Å². The molecule has 5 heteroatoms. The summed E-state index contributed by atoms with van der Waals surface area (Å²) in [4.78, 5) is 16.9. The van der Waals surface area contributed by atoms with Gasteiger partial charge in [-0.25, -0.2) is 0 Å². The van der Waals surface area contributed by atoms with Crippen molar-refractivity contribution >= 4 is 5.91 Å². The number of nitrogens with one attached hydrogen (secondary N) is 1. The van der Waals surface area contributed by atoms with Gasteiger partial charge >= 0.3 is 0 Å². The highest BCUT2D eigenvalue weighted by molar-refractivity contribution is 5.77. The van der Waals surface area contributed by atoms with Gasteiger partial charge in [0.25, 0.3) is 0 Å². The van der Waals surface area contributed by atoms with Crippen LogP contribution in [-0.4, -0.2) is 67.2 Å². The van der Waals surface area contributed by atoms with Gasteiger partial charge in [0.05, 0.1) is 19.1 Å². The van der Waals surface area contributed by atoms with Crippen LogP contribution >= 0.6 is 0 Å². The van der Waals surface area contributed by atoms with E-state index in [0.717, 1.165) is 39.3 Å². The van der Waals surface area contributed by atoms with E-state index in [1.54, 1.807) is 0 Å². The molecule has 0 aliphatic carbocycles. The molecule has 5 nitrogen and oxygen atoms in total. The topological polar surface area (TPSA) is 44.8 Å². The van der Waals surface area contributed by atoms with Gasteiger partial charge in [0.1, 0.15) is 0 Å². The number of piperazine rings is 1. The largest absolute Gasteiger partial charge is 0.375 e. The first kappa shape index (κ1) is 16.4. The van der Waals surface area contributed by atoms with Crippen molar-refractivity contribution in [1.82, 2.24) is 15.1 Å². The lowest BCUT2D eigenvalue weighted by molar-refractivity contribution is -0.139. The molecule has 0 bridgehead atoms. The minimum Gasteiger partial charge on any atom is -0.375 e. The number of hydrogen-bond donors (Lipinski definition) is 1. The van der Waals surface area contributed by atoms with Gasteiger partial charge in [-0.2, -0.15) is 0 Å². The average Bonchev–Trinajstić information content (AvgIpc) is 2.56. The zero-order valence-electron chi connectivity index (χ0n) is 13.9. The predicted molar refractivity (Wildman–Crippen MR) is 90.1 cm³/mol. The van der Waals surface area contributed by atoms with Gasteiger partial charge in [-0.15, -0.1) is 0 Å². The fourth-order valence-corrected chi connectivity index (χ4v) is 3.41. The number of morpholine rings is 1. The molecule has 2 saturated heterocycles. The summed E-state index contributed by atoms with van der Waals surface area (Å²) in [6.07, 6.45) is 0.511. The Labute approximate surface area is 138 Å². The van der Waals surface area contributed by atoms with Gasteiger partial charge in [0, 0.05) is 45.3 Å². The lowest BCUT2D eigenvalue weighted by atomic mass is 10.1. The predicted octanol–water partition coefficient (Wildman–Crippen LogP) is 1.10. The maximum Gasteiger partial charge on any atom is 0.225 e. The Bertz CT molecular complexity index is 508. The summed E-state index contributed by atoms with van der Waals surface area (Å²) in [5, 5.41) is 3.32. The van der Waals surface area contributed by atoms with Gasteiger partial charge < -0.3 is 15.0 Å². The Kier molecular flexibility index (Phi) is 5.65. The first-order valence-electron chi connectivity index (χ1n) is 8.60. The quantitative estimate of drug-likeness (QED) is 0.903. The van der Waals surface area contributed by atoms with Crippen LogP contribution in [0.25, 0.3) is 0 Å². The van der Waals surface area contributed by atoms with Crippen LogP contribution in [0.1, 0.15) is 18.9 Å². The van der Waals surface area contributed by atoms with Crippen LogP contribution in [-0.2, 0) is 16.1 Å². The smallest absolute Gasteiger partial charge is 0.225 e. The number of rotatable bonds is 4. The van der Waals surface area contributed by atoms with Crippen LogP contribution in [0.15, 0.2) is 30.3 Å². The number of carbonyl (C=O) groups excluding carboxylic acids is 1. The molecule has 2 aliphatic rings. The Hall–Kier alpha value is -1.43. The third-order valence-corrected chi connectivity index (χ3v) is 4.70. The molecule has 23 heavy (non-hydrogen) atoms. The Morgan fingerprint density at radius 1 is 1.30 bits per heavy atom. The molecule has 1 unspecified atom stereocenters. The molecule has 0 saturated carbocycles. The molecule has 1 aromatic carbocycles. The lowest BCUT2D eigenvalue weighted by Gasteiger charge is -2.37. The van der Waals surface area contributed by atoms with Gasteiger partial charge in [-0.1, -0.05) is 30.3 Å². The second-order valence-electron chi connectivity index (χ2n) is 6.56. The number of hydrogen-bond acceptors (Lipinski definition) is 4. The van der Waals surface area contributed by atoms with Crippen LogP contribution in [0, 0.1) is 0 Å². The second kappa shape index (κ2) is 7.90. The minimum atomic E-state index is 0.0158. The van der Waals surface area contributed by atoms with Gasteiger partial charge in [0.15, 0.2) is 0 Å². The Morgan fingerprint density at radius 3 is 2.91 bits per heavy atom. The highest BCUT2D eigenvalue weighted by atomic mass is 16.5. The lowest BCUT2D eigenvalue weighted by Crippen LogP contribution is -2.53. The molecule has 1 amide bonds. The molecular weight excluding hydrogens is 290 g/mol. The number of carbonyl (C=O) groups is 1. The number of ether oxygens (including phenoxy) is 1. The molecule has 2 aliphatic heterocycles. The van der Waals surface area contributed by atoms with Gasteiger partial charge in [0.2, 0.25) is 5.91 Å². The fourth-order valence-electron chi connectivity index (χ4n) is 3.41. The van der Waals surface area contributed by atoms with E-state index in [-0.39, 0.29) is 18.1 Å². The average molecular weight is 317 g/mol. The van der Waals surface area contributed by atoms with Crippen molar-refractivity contribution in [3.8, 4) is 0 Å². The third kappa shape index (κ3) is 4.53. The van der Waals surface area contributed by atoms with Crippen molar-refractivity contribution in [3.63, 3.8) is 0 Å². The van der Waals surface area contributed by atoms with Crippen LogP contribution in [0.5, 0.6) is 0 Å². The van der Waals surface area contributed by atoms with Crippen molar-refractivity contribution < 1.29 is 9.53 Å². The molecule has 0 radical (unpaired) electrons. The van der Waals surface area contributed by atoms with E-state index in [9.17, 15) is 4.79 Å². The summed E-state index contributed by atoms with van der Waals surface area (Å²) in [5.74, 6) is 0.227. The normalized spacial score (nSPS) is 26.2. The monoisotopic (exact) mass is 317 g/mol. The molecule has 2 fully saturated rings. The van der Waals surface area contributed by atoms with E-state index in [1.165, 1.54) is 5.56 Å². The van der Waals surface area contributed by atoms with Crippen molar-refractivity contribution in [2.24, 2.45) is 0 Å². The summed E-state index contributed by atoms with van der Waals surface area (Å²) in [6, 6.07) is 10.8. The molecule has 0 aromatic heterocycles. The molecular formula is C18H27N3O2. The zero-order chi connectivity index (χ0) is 16.1. The molecule has 2 heterocycles. The standard InChI is InChI=1S/C18H27N3O2/c1-15-12-19-7-8-21(15)18(22)11-17-14-20(9-10-23-17)13-16-5-3-2-4-6-16/h2-6,15,17,19H,7-14H2,1H3/t15-,17?/m1/s1. The Morgan fingerprint density at radius 2 is 2.13 bits per heavy atom. The van der Waals surface area contributed by atoms with Crippen LogP contribution < -0.4 is 5.32 Å². The maximum atomic E-state index is 12.5. The highest BCUT2D eigenvalue weighted by Crippen LogP contribution is 2.15. The summed E-state index contributed by atoms with van der Waals surface area (Å²) in [7, 11) is 0. The van der Waals surface area contributed by atoms with E-state index in [2.05, 4.69) is 41.4 Å². The van der Waals surface area contributed by atoms with Crippen molar-refractivity contribution in [1.29, 1.82) is 0 Å². The number of benzene rings is 1. The second-order valence-corrected chi connectivity index (χ2v) is 6.56. The number of nitrogens with zero attached hydrogens (tertiary/aromatic N) is 2. The summed E-state index contributed by atoms with van der Waals surface area (Å²) >= 11 is 0. The van der Waals surface area contributed by atoms with E-state index in [4.69, 9.17) is 4.74 Å². The maximum absolute atomic E-state index is 12.5. The van der Waals surface area contributed by atoms with Crippen LogP contribution in [0.2, 0.25) is 0 Å². The van der Waals surface area contributed by atoms with Crippen LogP contribution in [0.3, 0.4) is 0 Å². The molecule has 1 N–H and O–H groups in total. The van der Waals surface area contributed by atoms with E-state index >= 15 is 0 Å². The fraction of sp³-hybridized carbons (Fsp3) is 0.611. The molecule has 2 atom stereocenters. The van der Waals surface area contributed by atoms with E-state index in [0.29, 0.717) is 13.0 Å². The SMILES string of the molecule is C[C@@H]1CNCCN1C(=O)CC1CN(Cc2ccccc2)CCO1. The summed E-state index contributed by atoms with van der Waals surface area (Å²) in [6.45, 7) is 8.10. The minimum absolute atomic E-state index is 0.0158. The van der Waals surface area contributed by atoms with Crippen molar-refractivity contribution in [2.45, 2.75) is 32.0 Å². The highest BCUT2D eigenvalue weighted by Gasteiger charge is 2.28. The molecule has 126 valence electrons. The number of amides is 1. The molecule has 1 aromatic rings. The van der Waals surface area contributed by atoms with Gasteiger partial charge in [-0.05, 0) is 12.5 Å². The Balaban J connectivity index is 1.51.